The summed E-state index contributed by atoms with van der Waals surface area (Å²) in [5.41, 5.74) is 0.645. The predicted molar refractivity (Wildman–Crippen MR) is 68.6 cm³/mol. The van der Waals surface area contributed by atoms with Gasteiger partial charge >= 0.3 is 0 Å². The quantitative estimate of drug-likeness (QED) is 0.668. The number of fused-ring (bicyclic) bond motifs is 2. The van der Waals surface area contributed by atoms with E-state index in [4.69, 9.17) is 9.15 Å². The summed E-state index contributed by atoms with van der Waals surface area (Å²) in [4.78, 5) is 36.0. The predicted octanol–water partition coefficient (Wildman–Crippen LogP) is 2.27. The van der Waals surface area contributed by atoms with Crippen molar-refractivity contribution in [3.63, 3.8) is 0 Å². The first kappa shape index (κ1) is 12.3. The van der Waals surface area contributed by atoms with Gasteiger partial charge in [0.15, 0.2) is 23.1 Å². The van der Waals surface area contributed by atoms with Crippen molar-refractivity contribution in [3.05, 3.63) is 52.5 Å². The van der Waals surface area contributed by atoms with Crippen molar-refractivity contribution in [2.75, 3.05) is 7.11 Å². The summed E-state index contributed by atoms with van der Waals surface area (Å²) in [5.74, 6) is -0.644. The summed E-state index contributed by atoms with van der Waals surface area (Å²) < 4.78 is 10.3. The van der Waals surface area contributed by atoms with Crippen LogP contribution < -0.4 is 4.74 Å². The zero-order valence-corrected chi connectivity index (χ0v) is 10.9. The SMILES string of the molecule is COc1ccc2c(c1)C(=O)c1cc(C(C)=O)oc1C2=O. The Labute approximate surface area is 114 Å². The van der Waals surface area contributed by atoms with Gasteiger partial charge < -0.3 is 9.15 Å². The molecule has 20 heavy (non-hydrogen) atoms. The molecule has 0 amide bonds. The van der Waals surface area contributed by atoms with Gasteiger partial charge in [-0.1, -0.05) is 0 Å². The third-order valence-corrected chi connectivity index (χ3v) is 3.25. The first-order valence-electron chi connectivity index (χ1n) is 5.95. The fourth-order valence-electron chi connectivity index (χ4n) is 2.21. The number of benzene rings is 1. The van der Waals surface area contributed by atoms with Crippen LogP contribution in [0.15, 0.2) is 28.7 Å². The van der Waals surface area contributed by atoms with E-state index in [1.54, 1.807) is 6.07 Å². The number of Topliss-reactive ketones (excluding diaryl/α,β-unsaturated/α-hetero) is 1. The molecular weight excluding hydrogens is 260 g/mol. The van der Waals surface area contributed by atoms with Crippen molar-refractivity contribution >= 4 is 17.3 Å². The number of methoxy groups -OCH3 is 1. The third-order valence-electron chi connectivity index (χ3n) is 3.25. The summed E-state index contributed by atoms with van der Waals surface area (Å²) >= 11 is 0. The summed E-state index contributed by atoms with van der Waals surface area (Å²) in [6.45, 7) is 1.31. The van der Waals surface area contributed by atoms with E-state index in [1.807, 2.05) is 0 Å². The van der Waals surface area contributed by atoms with Crippen LogP contribution in [-0.4, -0.2) is 24.5 Å². The molecule has 1 aliphatic carbocycles. The smallest absolute Gasteiger partial charge is 0.229 e. The number of carbonyl (C=O) groups is 3. The molecule has 0 bridgehead atoms. The highest BCUT2D eigenvalue weighted by Crippen LogP contribution is 2.31. The average Bonchev–Trinajstić information content (AvgIpc) is 2.90. The van der Waals surface area contributed by atoms with Crippen LogP contribution in [-0.2, 0) is 0 Å². The molecule has 5 heteroatoms. The molecule has 0 saturated carbocycles. The average molecular weight is 270 g/mol. The van der Waals surface area contributed by atoms with Gasteiger partial charge in [0.2, 0.25) is 5.78 Å². The Kier molecular flexibility index (Phi) is 2.57. The van der Waals surface area contributed by atoms with E-state index in [2.05, 4.69) is 0 Å². The molecule has 1 aliphatic rings. The lowest BCUT2D eigenvalue weighted by atomic mass is 9.88. The van der Waals surface area contributed by atoms with Crippen LogP contribution in [0.2, 0.25) is 0 Å². The van der Waals surface area contributed by atoms with Gasteiger partial charge in [-0.15, -0.1) is 0 Å². The Hall–Kier alpha value is -2.69. The van der Waals surface area contributed by atoms with Gasteiger partial charge in [0.1, 0.15) is 5.75 Å². The molecule has 100 valence electrons. The summed E-state index contributed by atoms with van der Waals surface area (Å²) in [5, 5.41) is 0. The molecule has 1 aromatic carbocycles. The number of rotatable bonds is 2. The molecule has 0 N–H and O–H groups in total. The maximum absolute atomic E-state index is 12.4. The minimum Gasteiger partial charge on any atom is -0.497 e. The number of carbonyl (C=O) groups excluding carboxylic acids is 3. The van der Waals surface area contributed by atoms with Gasteiger partial charge in [0.25, 0.3) is 0 Å². The molecule has 0 spiro atoms. The first-order chi connectivity index (χ1) is 9.52. The van der Waals surface area contributed by atoms with Crippen molar-refractivity contribution < 1.29 is 23.5 Å². The number of hydrogen-bond acceptors (Lipinski definition) is 5. The highest BCUT2D eigenvalue weighted by Gasteiger charge is 2.34. The summed E-state index contributed by atoms with van der Waals surface area (Å²) in [7, 11) is 1.48. The molecule has 1 aromatic heterocycles. The maximum Gasteiger partial charge on any atom is 0.229 e. The normalized spacial score (nSPS) is 12.9. The van der Waals surface area contributed by atoms with Gasteiger partial charge in [-0.3, -0.25) is 14.4 Å². The lowest BCUT2D eigenvalue weighted by molar-refractivity contribution is 0.0947. The van der Waals surface area contributed by atoms with E-state index in [9.17, 15) is 14.4 Å². The standard InChI is InChI=1S/C15H10O5/c1-7(16)12-6-11-13(17)10-5-8(19-2)3-4-9(10)14(18)15(11)20-12/h3-6H,1-2H3. The number of furan rings is 1. The number of ether oxygens (including phenoxy) is 1. The topological polar surface area (TPSA) is 73.6 Å². The van der Waals surface area contributed by atoms with Gasteiger partial charge in [-0.05, 0) is 24.3 Å². The van der Waals surface area contributed by atoms with Gasteiger partial charge in [0.05, 0.1) is 12.7 Å². The van der Waals surface area contributed by atoms with Crippen LogP contribution in [0.3, 0.4) is 0 Å². The van der Waals surface area contributed by atoms with Gasteiger partial charge in [-0.25, -0.2) is 0 Å². The van der Waals surface area contributed by atoms with Crippen LogP contribution in [0.25, 0.3) is 0 Å². The minimum atomic E-state index is -0.398. The van der Waals surface area contributed by atoms with Crippen molar-refractivity contribution in [1.29, 1.82) is 0 Å². The van der Waals surface area contributed by atoms with Gasteiger partial charge in [-0.2, -0.15) is 0 Å². The number of ketones is 3. The van der Waals surface area contributed by atoms with Crippen LogP contribution in [0.4, 0.5) is 0 Å². The van der Waals surface area contributed by atoms with E-state index in [0.29, 0.717) is 5.75 Å². The second-order valence-corrected chi connectivity index (χ2v) is 4.48. The Morgan fingerprint density at radius 1 is 1.05 bits per heavy atom. The molecule has 2 aromatic rings. The Bertz CT molecular complexity index is 767. The van der Waals surface area contributed by atoms with E-state index in [-0.39, 0.29) is 39.8 Å². The largest absolute Gasteiger partial charge is 0.497 e. The zero-order valence-electron chi connectivity index (χ0n) is 10.9. The summed E-state index contributed by atoms with van der Waals surface area (Å²) in [6.07, 6.45) is 0. The molecule has 0 atom stereocenters. The lowest BCUT2D eigenvalue weighted by Crippen LogP contribution is -2.19. The highest BCUT2D eigenvalue weighted by molar-refractivity contribution is 6.28. The monoisotopic (exact) mass is 270 g/mol. The molecule has 3 rings (SSSR count). The molecular formula is C15H10O5. The van der Waals surface area contributed by atoms with Gasteiger partial charge in [0, 0.05) is 18.1 Å². The second-order valence-electron chi connectivity index (χ2n) is 4.48. The zero-order chi connectivity index (χ0) is 14.4. The lowest BCUT2D eigenvalue weighted by Gasteiger charge is -2.13. The molecule has 0 aliphatic heterocycles. The molecule has 0 fully saturated rings. The van der Waals surface area contributed by atoms with Crippen molar-refractivity contribution in [3.8, 4) is 5.75 Å². The summed E-state index contributed by atoms with van der Waals surface area (Å²) in [6, 6.07) is 5.95. The van der Waals surface area contributed by atoms with Crippen LogP contribution >= 0.6 is 0 Å². The maximum atomic E-state index is 12.4. The van der Waals surface area contributed by atoms with Crippen molar-refractivity contribution in [2.24, 2.45) is 0 Å². The Morgan fingerprint density at radius 3 is 2.45 bits per heavy atom. The van der Waals surface area contributed by atoms with Crippen molar-refractivity contribution in [1.82, 2.24) is 0 Å². The Morgan fingerprint density at radius 2 is 1.80 bits per heavy atom. The van der Waals surface area contributed by atoms with E-state index >= 15 is 0 Å². The minimum absolute atomic E-state index is 0.0106. The molecule has 1 heterocycles. The van der Waals surface area contributed by atoms with E-state index in [1.165, 1.54) is 32.2 Å². The molecule has 0 radical (unpaired) electrons. The second kappa shape index (κ2) is 4.16. The van der Waals surface area contributed by atoms with Crippen LogP contribution in [0, 0.1) is 0 Å². The fraction of sp³-hybridized carbons (Fsp3) is 0.133. The van der Waals surface area contributed by atoms with E-state index in [0.717, 1.165) is 0 Å². The highest BCUT2D eigenvalue weighted by atomic mass is 16.5. The fourth-order valence-corrected chi connectivity index (χ4v) is 2.21. The van der Waals surface area contributed by atoms with Crippen molar-refractivity contribution in [2.45, 2.75) is 6.92 Å². The Balaban J connectivity index is 2.22. The molecule has 5 nitrogen and oxygen atoms in total. The third kappa shape index (κ3) is 1.60. The van der Waals surface area contributed by atoms with Crippen LogP contribution in [0.5, 0.6) is 5.75 Å². The number of hydrogen-bond donors (Lipinski definition) is 0. The molecule has 0 saturated heterocycles. The first-order valence-corrected chi connectivity index (χ1v) is 5.95. The van der Waals surface area contributed by atoms with Crippen LogP contribution in [0.1, 0.15) is 49.5 Å². The van der Waals surface area contributed by atoms with E-state index < -0.39 is 5.78 Å². The molecule has 0 unspecified atom stereocenters.